The molecule has 0 bridgehead atoms. The van der Waals surface area contributed by atoms with Crippen LogP contribution in [0.4, 0.5) is 8.78 Å². The highest BCUT2D eigenvalue weighted by molar-refractivity contribution is 5.20. The van der Waals surface area contributed by atoms with Crippen LogP contribution in [-0.4, -0.2) is 38.3 Å². The number of ether oxygens (including phenoxy) is 3. The van der Waals surface area contributed by atoms with Gasteiger partial charge in [0, 0.05) is 25.4 Å². The van der Waals surface area contributed by atoms with Crippen LogP contribution in [0.3, 0.4) is 0 Å². The summed E-state index contributed by atoms with van der Waals surface area (Å²) in [5.74, 6) is -2.15. The van der Waals surface area contributed by atoms with Crippen LogP contribution in [0.5, 0.6) is 0 Å². The van der Waals surface area contributed by atoms with E-state index in [1.54, 1.807) is 6.07 Å². The van der Waals surface area contributed by atoms with Crippen LogP contribution in [0.2, 0.25) is 0 Å². The Morgan fingerprint density at radius 2 is 2.05 bits per heavy atom. The van der Waals surface area contributed by atoms with Crippen molar-refractivity contribution in [3.63, 3.8) is 0 Å². The Labute approximate surface area is 128 Å². The zero-order chi connectivity index (χ0) is 15.6. The van der Waals surface area contributed by atoms with Crippen molar-refractivity contribution < 1.29 is 23.0 Å². The van der Waals surface area contributed by atoms with Gasteiger partial charge in [-0.05, 0) is 24.6 Å². The fraction of sp³-hybridized carbons (Fsp3) is 0.625. The van der Waals surface area contributed by atoms with Gasteiger partial charge in [-0.15, -0.1) is 0 Å². The second-order valence-corrected chi connectivity index (χ2v) is 5.88. The number of hydrogen-bond donors (Lipinski definition) is 1. The summed E-state index contributed by atoms with van der Waals surface area (Å²) >= 11 is 0. The Kier molecular flexibility index (Phi) is 4.73. The molecule has 0 aromatic heterocycles. The third-order valence-corrected chi connectivity index (χ3v) is 4.26. The van der Waals surface area contributed by atoms with E-state index in [9.17, 15) is 8.78 Å². The second-order valence-electron chi connectivity index (χ2n) is 5.88. The van der Waals surface area contributed by atoms with Crippen LogP contribution >= 0.6 is 0 Å². The first-order valence-corrected chi connectivity index (χ1v) is 7.66. The first-order valence-electron chi connectivity index (χ1n) is 7.66. The summed E-state index contributed by atoms with van der Waals surface area (Å²) in [7, 11) is 0. The molecular weight excluding hydrogens is 292 g/mol. The highest BCUT2D eigenvalue weighted by Gasteiger charge is 2.42. The van der Waals surface area contributed by atoms with Gasteiger partial charge in [0.1, 0.15) is 0 Å². The zero-order valence-electron chi connectivity index (χ0n) is 12.6. The molecule has 1 aromatic carbocycles. The Morgan fingerprint density at radius 1 is 1.27 bits per heavy atom. The maximum absolute atomic E-state index is 13.3. The molecule has 6 heteroatoms. The molecule has 0 radical (unpaired) electrons. The summed E-state index contributed by atoms with van der Waals surface area (Å²) in [5.41, 5.74) is 0.707. The average Bonchev–Trinajstić information content (AvgIpc) is 2.91. The molecule has 2 aliphatic rings. The van der Waals surface area contributed by atoms with Gasteiger partial charge in [-0.1, -0.05) is 6.07 Å². The van der Waals surface area contributed by atoms with Crippen LogP contribution in [0.25, 0.3) is 0 Å². The maximum Gasteiger partial charge on any atom is 0.173 e. The van der Waals surface area contributed by atoms with Gasteiger partial charge in [0.15, 0.2) is 17.4 Å². The molecule has 0 amide bonds. The van der Waals surface area contributed by atoms with Gasteiger partial charge < -0.3 is 19.5 Å². The largest absolute Gasteiger partial charge is 0.381 e. The van der Waals surface area contributed by atoms with Gasteiger partial charge >= 0.3 is 0 Å². The number of hydrogen-bond acceptors (Lipinski definition) is 4. The molecule has 1 spiro atoms. The summed E-state index contributed by atoms with van der Waals surface area (Å²) in [6, 6.07) is 3.86. The number of halogens is 2. The van der Waals surface area contributed by atoms with Crippen molar-refractivity contribution in [1.29, 1.82) is 0 Å². The molecule has 1 N–H and O–H groups in total. The standard InChI is InChI=1S/C16H21F2NO3/c1-11(12-2-3-14(17)15(18)8-12)19-9-13-10-21-16(22-13)4-6-20-7-5-16/h2-3,8,11,13,19H,4-7,9-10H2,1H3/t11-,13-/m1/s1. The highest BCUT2D eigenvalue weighted by atomic mass is 19.2. The molecular formula is C16H21F2NO3. The molecule has 2 heterocycles. The quantitative estimate of drug-likeness (QED) is 0.927. The second kappa shape index (κ2) is 6.58. The predicted molar refractivity (Wildman–Crippen MR) is 76.4 cm³/mol. The lowest BCUT2D eigenvalue weighted by atomic mass is 10.1. The van der Waals surface area contributed by atoms with Crippen LogP contribution in [0.1, 0.15) is 31.4 Å². The zero-order valence-corrected chi connectivity index (χ0v) is 12.6. The minimum Gasteiger partial charge on any atom is -0.381 e. The lowest BCUT2D eigenvalue weighted by Gasteiger charge is -2.31. The van der Waals surface area contributed by atoms with Gasteiger partial charge in [0.2, 0.25) is 0 Å². The van der Waals surface area contributed by atoms with Gasteiger partial charge in [0.25, 0.3) is 0 Å². The molecule has 4 nitrogen and oxygen atoms in total. The highest BCUT2D eigenvalue weighted by Crippen LogP contribution is 2.33. The van der Waals surface area contributed by atoms with E-state index in [-0.39, 0.29) is 12.1 Å². The van der Waals surface area contributed by atoms with Crippen LogP contribution < -0.4 is 5.32 Å². The van der Waals surface area contributed by atoms with E-state index in [4.69, 9.17) is 14.2 Å². The SMILES string of the molecule is C[C@@H](NC[C@@H]1COC2(CCOCC2)O1)c1ccc(F)c(F)c1. The number of nitrogens with one attached hydrogen (secondary N) is 1. The van der Waals surface area contributed by atoms with E-state index in [0.717, 1.165) is 18.9 Å². The third-order valence-electron chi connectivity index (χ3n) is 4.26. The molecule has 0 aliphatic carbocycles. The molecule has 2 aliphatic heterocycles. The Morgan fingerprint density at radius 3 is 2.77 bits per heavy atom. The minimum absolute atomic E-state index is 0.0363. The van der Waals surface area contributed by atoms with Crippen LogP contribution in [-0.2, 0) is 14.2 Å². The van der Waals surface area contributed by atoms with Crippen molar-refractivity contribution in [2.75, 3.05) is 26.4 Å². The predicted octanol–water partition coefficient (Wildman–Crippen LogP) is 2.54. The summed E-state index contributed by atoms with van der Waals surface area (Å²) in [6.45, 7) is 4.36. The van der Waals surface area contributed by atoms with Crippen molar-refractivity contribution in [3.05, 3.63) is 35.4 Å². The maximum atomic E-state index is 13.3. The molecule has 2 fully saturated rings. The van der Waals surface area contributed by atoms with E-state index in [1.807, 2.05) is 6.92 Å². The summed E-state index contributed by atoms with van der Waals surface area (Å²) in [5, 5.41) is 3.28. The van der Waals surface area contributed by atoms with Crippen molar-refractivity contribution in [1.82, 2.24) is 5.32 Å². The van der Waals surface area contributed by atoms with E-state index in [1.165, 1.54) is 6.07 Å². The summed E-state index contributed by atoms with van der Waals surface area (Å²) < 4.78 is 43.4. The van der Waals surface area contributed by atoms with Crippen molar-refractivity contribution in [2.45, 2.75) is 37.7 Å². The van der Waals surface area contributed by atoms with E-state index < -0.39 is 17.4 Å². The molecule has 122 valence electrons. The molecule has 3 rings (SSSR count). The van der Waals surface area contributed by atoms with E-state index in [0.29, 0.717) is 31.9 Å². The van der Waals surface area contributed by atoms with E-state index in [2.05, 4.69) is 5.32 Å². The lowest BCUT2D eigenvalue weighted by molar-refractivity contribution is -0.210. The minimum atomic E-state index is -0.829. The molecule has 22 heavy (non-hydrogen) atoms. The number of rotatable bonds is 4. The van der Waals surface area contributed by atoms with Crippen LogP contribution in [0.15, 0.2) is 18.2 Å². The topological polar surface area (TPSA) is 39.7 Å². The monoisotopic (exact) mass is 313 g/mol. The molecule has 1 aromatic rings. The Balaban J connectivity index is 1.51. The lowest BCUT2D eigenvalue weighted by Crippen LogP contribution is -2.39. The fourth-order valence-electron chi connectivity index (χ4n) is 2.87. The third kappa shape index (κ3) is 3.46. The van der Waals surface area contributed by atoms with Crippen molar-refractivity contribution in [3.8, 4) is 0 Å². The Bertz CT molecular complexity index is 520. The normalized spacial score (nSPS) is 25.5. The summed E-state index contributed by atoms with van der Waals surface area (Å²) in [6.07, 6.45) is 1.47. The van der Waals surface area contributed by atoms with Gasteiger partial charge in [-0.2, -0.15) is 0 Å². The first-order chi connectivity index (χ1) is 10.6. The molecule has 0 saturated carbocycles. The summed E-state index contributed by atoms with van der Waals surface area (Å²) in [4.78, 5) is 0. The van der Waals surface area contributed by atoms with Gasteiger partial charge in [-0.3, -0.25) is 0 Å². The Hall–Kier alpha value is -1.08. The van der Waals surface area contributed by atoms with Crippen LogP contribution in [0, 0.1) is 11.6 Å². The molecule has 0 unspecified atom stereocenters. The molecule has 2 saturated heterocycles. The van der Waals surface area contributed by atoms with E-state index >= 15 is 0 Å². The fourth-order valence-corrected chi connectivity index (χ4v) is 2.87. The average molecular weight is 313 g/mol. The number of benzene rings is 1. The van der Waals surface area contributed by atoms with Crippen molar-refractivity contribution >= 4 is 0 Å². The first kappa shape index (κ1) is 15.8. The molecule has 2 atom stereocenters. The van der Waals surface area contributed by atoms with Crippen molar-refractivity contribution in [2.24, 2.45) is 0 Å². The van der Waals surface area contributed by atoms with Gasteiger partial charge in [-0.25, -0.2) is 8.78 Å². The van der Waals surface area contributed by atoms with Gasteiger partial charge in [0.05, 0.1) is 25.9 Å². The smallest absolute Gasteiger partial charge is 0.173 e.